The number of benzene rings is 2. The van der Waals surface area contributed by atoms with E-state index in [4.69, 9.17) is 21.1 Å². The van der Waals surface area contributed by atoms with Gasteiger partial charge < -0.3 is 24.6 Å². The highest BCUT2D eigenvalue weighted by molar-refractivity contribution is 6.30. The van der Waals surface area contributed by atoms with Crippen molar-refractivity contribution in [3.8, 4) is 11.5 Å². The topological polar surface area (TPSA) is 54.0 Å². The number of nitrogens with zero attached hydrogens (tertiary/aromatic N) is 2. The van der Waals surface area contributed by atoms with Crippen LogP contribution >= 0.6 is 11.6 Å². The van der Waals surface area contributed by atoms with Crippen LogP contribution in [0.1, 0.15) is 0 Å². The van der Waals surface area contributed by atoms with Crippen molar-refractivity contribution in [1.82, 2.24) is 4.90 Å². The van der Waals surface area contributed by atoms with Crippen molar-refractivity contribution in [2.75, 3.05) is 50.6 Å². The van der Waals surface area contributed by atoms with Crippen LogP contribution in [0.4, 0.5) is 16.2 Å². The molecule has 0 saturated carbocycles. The number of amides is 2. The first kappa shape index (κ1) is 18.2. The lowest BCUT2D eigenvalue weighted by molar-refractivity contribution is 0.208. The zero-order valence-corrected chi connectivity index (χ0v) is 15.6. The maximum Gasteiger partial charge on any atom is 0.321 e. The first-order valence-electron chi connectivity index (χ1n) is 8.38. The van der Waals surface area contributed by atoms with Gasteiger partial charge in [0.25, 0.3) is 0 Å². The molecule has 2 amide bonds. The fourth-order valence-corrected chi connectivity index (χ4v) is 3.03. The second-order valence-electron chi connectivity index (χ2n) is 5.98. The second kappa shape index (κ2) is 8.19. The Labute approximate surface area is 158 Å². The first-order valence-corrected chi connectivity index (χ1v) is 8.76. The van der Waals surface area contributed by atoms with E-state index >= 15 is 0 Å². The molecule has 0 spiro atoms. The maximum absolute atomic E-state index is 12.6. The van der Waals surface area contributed by atoms with E-state index in [-0.39, 0.29) is 6.03 Å². The molecular formula is C19H22ClN3O3. The number of methoxy groups -OCH3 is 2. The lowest BCUT2D eigenvalue weighted by atomic mass is 10.2. The van der Waals surface area contributed by atoms with E-state index in [0.717, 1.165) is 23.8 Å². The molecule has 1 aliphatic rings. The maximum atomic E-state index is 12.6. The zero-order valence-electron chi connectivity index (χ0n) is 14.9. The minimum absolute atomic E-state index is 0.129. The van der Waals surface area contributed by atoms with Crippen molar-refractivity contribution in [1.29, 1.82) is 0 Å². The number of nitrogens with one attached hydrogen (secondary N) is 1. The molecule has 138 valence electrons. The summed E-state index contributed by atoms with van der Waals surface area (Å²) in [7, 11) is 3.16. The van der Waals surface area contributed by atoms with Gasteiger partial charge in [0.05, 0.1) is 14.2 Å². The fraction of sp³-hybridized carbons (Fsp3) is 0.316. The Balaban J connectivity index is 1.59. The average molecular weight is 376 g/mol. The highest BCUT2D eigenvalue weighted by Gasteiger charge is 2.21. The molecule has 1 aliphatic heterocycles. The van der Waals surface area contributed by atoms with E-state index in [1.165, 1.54) is 0 Å². The number of anilines is 2. The summed E-state index contributed by atoms with van der Waals surface area (Å²) in [5, 5.41) is 3.64. The van der Waals surface area contributed by atoms with E-state index < -0.39 is 0 Å². The van der Waals surface area contributed by atoms with Crippen molar-refractivity contribution in [3.05, 3.63) is 47.5 Å². The van der Waals surface area contributed by atoms with Crippen LogP contribution in [0.5, 0.6) is 11.5 Å². The number of rotatable bonds is 4. The molecule has 0 bridgehead atoms. The summed E-state index contributed by atoms with van der Waals surface area (Å²) < 4.78 is 10.5. The molecule has 0 radical (unpaired) electrons. The molecule has 6 nitrogen and oxygen atoms in total. The Kier molecular flexibility index (Phi) is 5.73. The van der Waals surface area contributed by atoms with Gasteiger partial charge in [-0.2, -0.15) is 0 Å². The van der Waals surface area contributed by atoms with Crippen LogP contribution in [0.25, 0.3) is 0 Å². The molecule has 2 aromatic carbocycles. The molecule has 0 atom stereocenters. The molecule has 0 aromatic heterocycles. The Bertz CT molecular complexity index is 737. The molecule has 3 rings (SSSR count). The standard InChI is InChI=1S/C19H22ClN3O3/c1-25-17-11-15(12-18(13-17)26-2)21-19(24)23-9-7-22(8-10-23)16-5-3-14(20)4-6-16/h3-6,11-13H,7-10H2,1-2H3,(H,21,24). The van der Waals surface area contributed by atoms with Gasteiger partial charge in [0, 0.05) is 60.8 Å². The van der Waals surface area contributed by atoms with Crippen LogP contribution in [0.2, 0.25) is 5.02 Å². The van der Waals surface area contributed by atoms with Gasteiger partial charge in [0.15, 0.2) is 0 Å². The number of urea groups is 1. The zero-order chi connectivity index (χ0) is 18.5. The van der Waals surface area contributed by atoms with Crippen molar-refractivity contribution < 1.29 is 14.3 Å². The number of carbonyl (C=O) groups is 1. The van der Waals surface area contributed by atoms with Crippen LogP contribution < -0.4 is 19.7 Å². The van der Waals surface area contributed by atoms with Crippen LogP contribution in [0.15, 0.2) is 42.5 Å². The first-order chi connectivity index (χ1) is 12.6. The average Bonchev–Trinajstić information content (AvgIpc) is 2.68. The van der Waals surface area contributed by atoms with E-state index in [0.29, 0.717) is 30.3 Å². The minimum Gasteiger partial charge on any atom is -0.497 e. The minimum atomic E-state index is -0.129. The third kappa shape index (κ3) is 4.32. The van der Waals surface area contributed by atoms with Crippen molar-refractivity contribution in [2.24, 2.45) is 0 Å². The number of piperazine rings is 1. The summed E-state index contributed by atoms with van der Waals surface area (Å²) in [5.41, 5.74) is 1.76. The van der Waals surface area contributed by atoms with Gasteiger partial charge in [0.2, 0.25) is 0 Å². The van der Waals surface area contributed by atoms with E-state index in [9.17, 15) is 4.79 Å². The summed E-state index contributed by atoms with van der Waals surface area (Å²) in [5.74, 6) is 1.26. The lowest BCUT2D eigenvalue weighted by Gasteiger charge is -2.36. The highest BCUT2D eigenvalue weighted by atomic mass is 35.5. The molecule has 1 saturated heterocycles. The van der Waals surface area contributed by atoms with Crippen LogP contribution in [-0.4, -0.2) is 51.3 Å². The van der Waals surface area contributed by atoms with Crippen molar-refractivity contribution >= 4 is 29.0 Å². The van der Waals surface area contributed by atoms with Gasteiger partial charge in [-0.05, 0) is 24.3 Å². The third-order valence-corrected chi connectivity index (χ3v) is 4.61. The van der Waals surface area contributed by atoms with Gasteiger partial charge in [-0.1, -0.05) is 11.6 Å². The van der Waals surface area contributed by atoms with E-state index in [1.54, 1.807) is 37.3 Å². The van der Waals surface area contributed by atoms with Gasteiger partial charge in [0.1, 0.15) is 11.5 Å². The third-order valence-electron chi connectivity index (χ3n) is 4.36. The molecule has 0 aliphatic carbocycles. The molecule has 26 heavy (non-hydrogen) atoms. The number of ether oxygens (including phenoxy) is 2. The van der Waals surface area contributed by atoms with Crippen LogP contribution in [0.3, 0.4) is 0 Å². The molecule has 0 unspecified atom stereocenters. The molecule has 1 heterocycles. The smallest absolute Gasteiger partial charge is 0.321 e. The predicted molar refractivity (Wildman–Crippen MR) is 104 cm³/mol. The van der Waals surface area contributed by atoms with Gasteiger partial charge in [-0.15, -0.1) is 0 Å². The number of hydrogen-bond acceptors (Lipinski definition) is 4. The summed E-state index contributed by atoms with van der Waals surface area (Å²) in [4.78, 5) is 16.6. The Hall–Kier alpha value is -2.60. The van der Waals surface area contributed by atoms with Crippen molar-refractivity contribution in [3.63, 3.8) is 0 Å². The summed E-state index contributed by atoms with van der Waals surface area (Å²) in [6.07, 6.45) is 0. The molecule has 2 aromatic rings. The SMILES string of the molecule is COc1cc(NC(=O)N2CCN(c3ccc(Cl)cc3)CC2)cc(OC)c1. The predicted octanol–water partition coefficient (Wildman–Crippen LogP) is 3.71. The highest BCUT2D eigenvalue weighted by Crippen LogP contribution is 2.26. The Morgan fingerprint density at radius 3 is 2.08 bits per heavy atom. The quantitative estimate of drug-likeness (QED) is 0.885. The summed E-state index contributed by atoms with van der Waals surface area (Å²) in [6.45, 7) is 2.85. The van der Waals surface area contributed by atoms with Crippen LogP contribution in [-0.2, 0) is 0 Å². The van der Waals surface area contributed by atoms with E-state index in [1.807, 2.05) is 24.3 Å². The monoisotopic (exact) mass is 375 g/mol. The number of halogens is 1. The Morgan fingerprint density at radius 2 is 1.54 bits per heavy atom. The van der Waals surface area contributed by atoms with Gasteiger partial charge >= 0.3 is 6.03 Å². The molecule has 1 N–H and O–H groups in total. The summed E-state index contributed by atoms with van der Waals surface area (Å²) in [6, 6.07) is 12.9. The normalized spacial score (nSPS) is 14.1. The molecule has 1 fully saturated rings. The summed E-state index contributed by atoms with van der Waals surface area (Å²) >= 11 is 5.94. The Morgan fingerprint density at radius 1 is 0.962 bits per heavy atom. The number of carbonyl (C=O) groups excluding carboxylic acids is 1. The van der Waals surface area contributed by atoms with E-state index in [2.05, 4.69) is 10.2 Å². The molecular weight excluding hydrogens is 354 g/mol. The lowest BCUT2D eigenvalue weighted by Crippen LogP contribution is -2.50. The molecule has 7 heteroatoms. The van der Waals surface area contributed by atoms with Crippen molar-refractivity contribution in [2.45, 2.75) is 0 Å². The number of hydrogen-bond donors (Lipinski definition) is 1. The van der Waals surface area contributed by atoms with Gasteiger partial charge in [-0.3, -0.25) is 0 Å². The van der Waals surface area contributed by atoms with Gasteiger partial charge in [-0.25, -0.2) is 4.79 Å². The van der Waals surface area contributed by atoms with Crippen LogP contribution in [0, 0.1) is 0 Å². The largest absolute Gasteiger partial charge is 0.497 e. The second-order valence-corrected chi connectivity index (χ2v) is 6.42. The fourth-order valence-electron chi connectivity index (χ4n) is 2.90.